The molecule has 1 saturated heterocycles. The van der Waals surface area contributed by atoms with E-state index in [0.29, 0.717) is 0 Å². The van der Waals surface area contributed by atoms with Crippen LogP contribution in [0.1, 0.15) is 29.5 Å². The van der Waals surface area contributed by atoms with Crippen molar-refractivity contribution in [1.29, 1.82) is 0 Å². The minimum absolute atomic E-state index is 0.0379. The third-order valence-corrected chi connectivity index (χ3v) is 6.22. The summed E-state index contributed by atoms with van der Waals surface area (Å²) in [6.45, 7) is 2.02. The molecule has 1 unspecified atom stereocenters. The molecule has 2 aliphatic rings. The fourth-order valence-corrected chi connectivity index (χ4v) is 5.02. The maximum atomic E-state index is 6.61. The molecular formula is C25H26N2O. The highest BCUT2D eigenvalue weighted by atomic mass is 16.5. The van der Waals surface area contributed by atoms with E-state index in [0.717, 1.165) is 31.8 Å². The monoisotopic (exact) mass is 370 g/mol. The molecule has 2 aliphatic heterocycles. The summed E-state index contributed by atoms with van der Waals surface area (Å²) in [4.78, 5) is 7.07. The van der Waals surface area contributed by atoms with Crippen molar-refractivity contribution in [2.45, 2.75) is 38.5 Å². The molecular weight excluding hydrogens is 344 g/mol. The number of piperidine rings is 1. The molecule has 0 bridgehead atoms. The first-order valence-electron chi connectivity index (χ1n) is 10.2. The largest absolute Gasteiger partial charge is 0.457 e. The Morgan fingerprint density at radius 3 is 2.25 bits per heavy atom. The van der Waals surface area contributed by atoms with Crippen LogP contribution in [0.5, 0.6) is 5.88 Å². The van der Waals surface area contributed by atoms with Crippen LogP contribution in [0, 0.1) is 5.41 Å². The topological polar surface area (TPSA) is 25.4 Å². The number of benzene rings is 2. The minimum atomic E-state index is 0.0379. The number of ether oxygens (including phenoxy) is 1. The van der Waals surface area contributed by atoms with Crippen LogP contribution in [0.15, 0.2) is 79.0 Å². The molecule has 0 spiro atoms. The molecule has 1 aromatic heterocycles. The van der Waals surface area contributed by atoms with Crippen LogP contribution in [0.3, 0.4) is 0 Å². The molecule has 0 aliphatic carbocycles. The Hall–Kier alpha value is -2.65. The van der Waals surface area contributed by atoms with Crippen molar-refractivity contribution in [2.24, 2.45) is 5.41 Å². The first-order valence-corrected chi connectivity index (χ1v) is 10.2. The van der Waals surface area contributed by atoms with Crippen LogP contribution in [0.4, 0.5) is 0 Å². The number of nitrogens with zero attached hydrogens (tertiary/aromatic N) is 2. The van der Waals surface area contributed by atoms with Crippen molar-refractivity contribution in [2.75, 3.05) is 6.54 Å². The minimum Gasteiger partial charge on any atom is -0.457 e. The van der Waals surface area contributed by atoms with Gasteiger partial charge < -0.3 is 4.74 Å². The molecule has 2 aromatic carbocycles. The molecule has 3 aromatic rings. The van der Waals surface area contributed by atoms with Gasteiger partial charge in [0.05, 0.1) is 0 Å². The Morgan fingerprint density at radius 2 is 1.57 bits per heavy atom. The van der Waals surface area contributed by atoms with E-state index in [-0.39, 0.29) is 11.6 Å². The molecule has 0 radical (unpaired) electrons. The Bertz CT molecular complexity index is 884. The van der Waals surface area contributed by atoms with Crippen molar-refractivity contribution in [3.05, 3.63) is 95.7 Å². The quantitative estimate of drug-likeness (QED) is 0.655. The van der Waals surface area contributed by atoms with E-state index >= 15 is 0 Å². The number of aromatic nitrogens is 1. The molecule has 1 fully saturated rings. The molecule has 28 heavy (non-hydrogen) atoms. The lowest BCUT2D eigenvalue weighted by Gasteiger charge is -2.51. The van der Waals surface area contributed by atoms with Crippen LogP contribution in [-0.4, -0.2) is 22.7 Å². The number of fused-ring (bicyclic) bond motifs is 2. The molecule has 0 N–H and O–H groups in total. The molecule has 142 valence electrons. The van der Waals surface area contributed by atoms with Gasteiger partial charge in [0, 0.05) is 30.3 Å². The highest BCUT2D eigenvalue weighted by Gasteiger charge is 2.48. The van der Waals surface area contributed by atoms with Gasteiger partial charge in [0.15, 0.2) is 6.23 Å². The van der Waals surface area contributed by atoms with Crippen LogP contribution < -0.4 is 4.74 Å². The number of hydrogen-bond acceptors (Lipinski definition) is 3. The summed E-state index contributed by atoms with van der Waals surface area (Å²) in [5.41, 5.74) is 4.01. The Balaban J connectivity index is 1.54. The number of rotatable bonds is 4. The van der Waals surface area contributed by atoms with E-state index < -0.39 is 0 Å². The third kappa shape index (κ3) is 3.31. The van der Waals surface area contributed by atoms with Gasteiger partial charge in [-0.1, -0.05) is 66.7 Å². The normalized spacial score (nSPS) is 20.6. The first kappa shape index (κ1) is 17.4. The molecule has 0 amide bonds. The summed E-state index contributed by atoms with van der Waals surface area (Å²) >= 11 is 0. The molecule has 3 heterocycles. The summed E-state index contributed by atoms with van der Waals surface area (Å²) in [6.07, 6.45) is 6.31. The second-order valence-corrected chi connectivity index (χ2v) is 8.20. The van der Waals surface area contributed by atoms with Gasteiger partial charge in [-0.15, -0.1) is 0 Å². The summed E-state index contributed by atoms with van der Waals surface area (Å²) in [6, 6.07) is 25.9. The van der Waals surface area contributed by atoms with Gasteiger partial charge >= 0.3 is 0 Å². The smallest absolute Gasteiger partial charge is 0.219 e. The summed E-state index contributed by atoms with van der Waals surface area (Å²) < 4.78 is 6.61. The maximum absolute atomic E-state index is 6.61. The Morgan fingerprint density at radius 1 is 0.893 bits per heavy atom. The average Bonchev–Trinajstić information content (AvgIpc) is 2.74. The molecule has 5 rings (SSSR count). The Labute approximate surface area is 167 Å². The fourth-order valence-electron chi connectivity index (χ4n) is 5.02. The van der Waals surface area contributed by atoms with E-state index in [4.69, 9.17) is 4.74 Å². The van der Waals surface area contributed by atoms with Crippen molar-refractivity contribution in [3.63, 3.8) is 0 Å². The van der Waals surface area contributed by atoms with E-state index in [2.05, 4.69) is 76.6 Å². The third-order valence-electron chi connectivity index (χ3n) is 6.22. The standard InChI is InChI=1S/C25H26N2O/c1-3-9-20(10-4-1)17-25(18-21-11-5-2-6-12-21)14-8-16-27-19-22-13-7-15-26-23(22)28-24(25)27/h1-7,9-13,15,24H,8,14,16-19H2. The average molecular weight is 370 g/mol. The van der Waals surface area contributed by atoms with E-state index in [1.54, 1.807) is 0 Å². The summed E-state index contributed by atoms with van der Waals surface area (Å²) in [7, 11) is 0. The lowest BCUT2D eigenvalue weighted by molar-refractivity contribution is -0.123. The zero-order chi connectivity index (χ0) is 18.8. The molecule has 3 nitrogen and oxygen atoms in total. The van der Waals surface area contributed by atoms with E-state index in [1.807, 2.05) is 12.3 Å². The van der Waals surface area contributed by atoms with Gasteiger partial charge in [0.2, 0.25) is 5.88 Å². The lowest BCUT2D eigenvalue weighted by Crippen LogP contribution is -2.58. The van der Waals surface area contributed by atoms with Gasteiger partial charge in [0.1, 0.15) is 0 Å². The van der Waals surface area contributed by atoms with Crippen molar-refractivity contribution < 1.29 is 4.74 Å². The maximum Gasteiger partial charge on any atom is 0.219 e. The highest BCUT2D eigenvalue weighted by molar-refractivity contribution is 5.29. The molecule has 1 atom stereocenters. The lowest BCUT2D eigenvalue weighted by atomic mass is 9.69. The highest BCUT2D eigenvalue weighted by Crippen LogP contribution is 2.45. The van der Waals surface area contributed by atoms with Crippen LogP contribution in [0.25, 0.3) is 0 Å². The SMILES string of the molecule is c1ccc(CC2(Cc3ccccc3)CCCN3Cc4cccnc4OC32)cc1. The second-order valence-electron chi connectivity index (χ2n) is 8.20. The predicted molar refractivity (Wildman–Crippen MR) is 111 cm³/mol. The van der Waals surface area contributed by atoms with Gasteiger partial charge in [-0.3, -0.25) is 4.90 Å². The van der Waals surface area contributed by atoms with Gasteiger partial charge in [-0.2, -0.15) is 0 Å². The molecule has 0 saturated carbocycles. The van der Waals surface area contributed by atoms with E-state index in [9.17, 15) is 0 Å². The van der Waals surface area contributed by atoms with Crippen LogP contribution in [0.2, 0.25) is 0 Å². The van der Waals surface area contributed by atoms with E-state index in [1.165, 1.54) is 29.5 Å². The van der Waals surface area contributed by atoms with Gasteiger partial charge in [-0.25, -0.2) is 4.98 Å². The summed E-state index contributed by atoms with van der Waals surface area (Å²) in [5, 5.41) is 0. The zero-order valence-electron chi connectivity index (χ0n) is 16.1. The van der Waals surface area contributed by atoms with Crippen molar-refractivity contribution in [1.82, 2.24) is 9.88 Å². The van der Waals surface area contributed by atoms with Crippen molar-refractivity contribution in [3.8, 4) is 5.88 Å². The van der Waals surface area contributed by atoms with Crippen LogP contribution >= 0.6 is 0 Å². The van der Waals surface area contributed by atoms with Gasteiger partial charge in [-0.05, 0) is 42.9 Å². The zero-order valence-corrected chi connectivity index (χ0v) is 16.1. The summed E-state index contributed by atoms with van der Waals surface area (Å²) in [5.74, 6) is 0.816. The number of hydrogen-bond donors (Lipinski definition) is 0. The van der Waals surface area contributed by atoms with Crippen LogP contribution in [-0.2, 0) is 19.4 Å². The second kappa shape index (κ2) is 7.40. The molecule has 3 heteroatoms. The predicted octanol–water partition coefficient (Wildman–Crippen LogP) is 4.87. The number of pyridine rings is 1. The Kier molecular flexibility index (Phi) is 4.61. The first-order chi connectivity index (χ1) is 13.8. The fraction of sp³-hybridized carbons (Fsp3) is 0.320. The van der Waals surface area contributed by atoms with Gasteiger partial charge in [0.25, 0.3) is 0 Å². The van der Waals surface area contributed by atoms with Crippen molar-refractivity contribution >= 4 is 0 Å².